The Bertz CT molecular complexity index is 639. The Labute approximate surface area is 126 Å². The minimum absolute atomic E-state index is 0.0596. The van der Waals surface area contributed by atoms with Crippen LogP contribution in [0.25, 0.3) is 0 Å². The quantitative estimate of drug-likeness (QED) is 0.764. The van der Waals surface area contributed by atoms with Crippen LogP contribution in [0.15, 0.2) is 17.0 Å². The Morgan fingerprint density at radius 2 is 1.86 bits per heavy atom. The van der Waals surface area contributed by atoms with Crippen LogP contribution in [0.5, 0.6) is 0 Å². The molecule has 0 radical (unpaired) electrons. The number of sulfonamides is 1. The summed E-state index contributed by atoms with van der Waals surface area (Å²) in [5.74, 6) is -0.631. The molecule has 1 rings (SSSR count). The second kappa shape index (κ2) is 6.44. The second-order valence-corrected chi connectivity index (χ2v) is 7.46. The Hall–Kier alpha value is -1.60. The summed E-state index contributed by atoms with van der Waals surface area (Å²) in [6, 6.07) is 3.33. The van der Waals surface area contributed by atoms with Crippen molar-refractivity contribution in [3.05, 3.63) is 23.3 Å². The molecule has 0 aliphatic heterocycles. The smallest absolute Gasteiger partial charge is 0.245 e. The number of carbonyl (C=O) groups excluding carboxylic acids is 1. The van der Waals surface area contributed by atoms with E-state index < -0.39 is 15.9 Å². The Kier molecular flexibility index (Phi) is 5.36. The number of amides is 1. The highest BCUT2D eigenvalue weighted by Gasteiger charge is 2.30. The van der Waals surface area contributed by atoms with Gasteiger partial charge in [0.05, 0.1) is 12.2 Å². The van der Waals surface area contributed by atoms with Crippen molar-refractivity contribution >= 4 is 21.6 Å². The maximum atomic E-state index is 12.8. The highest BCUT2D eigenvalue weighted by atomic mass is 32.2. The fourth-order valence-corrected chi connectivity index (χ4v) is 4.07. The molecule has 7 heteroatoms. The van der Waals surface area contributed by atoms with E-state index >= 15 is 0 Å². The van der Waals surface area contributed by atoms with E-state index in [4.69, 9.17) is 11.5 Å². The Balaban J connectivity index is 3.42. The number of anilines is 1. The number of primary amides is 1. The molecule has 118 valence electrons. The molecule has 0 spiro atoms. The van der Waals surface area contributed by atoms with Crippen molar-refractivity contribution in [2.45, 2.75) is 32.6 Å². The largest absolute Gasteiger partial charge is 0.398 e. The van der Waals surface area contributed by atoms with E-state index in [1.165, 1.54) is 0 Å². The van der Waals surface area contributed by atoms with Gasteiger partial charge in [0.1, 0.15) is 4.90 Å². The van der Waals surface area contributed by atoms with Gasteiger partial charge in [-0.1, -0.05) is 19.9 Å². The van der Waals surface area contributed by atoms with Gasteiger partial charge < -0.3 is 11.5 Å². The molecule has 6 nitrogen and oxygen atoms in total. The topological polar surface area (TPSA) is 106 Å². The van der Waals surface area contributed by atoms with E-state index in [0.29, 0.717) is 5.56 Å². The standard InChI is InChI=1S/C14H23N3O3S/c1-9(2)7-17(8-13(16)18)21(19,20)14-11(4)10(3)5-6-12(14)15/h5-6,9H,7-8,15H2,1-4H3,(H2,16,18). The zero-order chi connectivity index (χ0) is 16.4. The van der Waals surface area contributed by atoms with Crippen LogP contribution in [0.3, 0.4) is 0 Å². The molecule has 0 unspecified atom stereocenters. The monoisotopic (exact) mass is 313 g/mol. The molecule has 0 saturated carbocycles. The van der Waals surface area contributed by atoms with Gasteiger partial charge in [-0.25, -0.2) is 8.42 Å². The third-order valence-electron chi connectivity index (χ3n) is 3.21. The van der Waals surface area contributed by atoms with Gasteiger partial charge in [0.25, 0.3) is 0 Å². The number of nitrogens with two attached hydrogens (primary N) is 2. The molecule has 21 heavy (non-hydrogen) atoms. The third-order valence-corrected chi connectivity index (χ3v) is 5.22. The number of hydrogen-bond donors (Lipinski definition) is 2. The van der Waals surface area contributed by atoms with Crippen LogP contribution >= 0.6 is 0 Å². The number of rotatable bonds is 6. The van der Waals surface area contributed by atoms with Gasteiger partial charge in [0.15, 0.2) is 0 Å². The van der Waals surface area contributed by atoms with Crippen molar-refractivity contribution in [1.82, 2.24) is 4.31 Å². The van der Waals surface area contributed by atoms with Crippen LogP contribution in [-0.4, -0.2) is 31.7 Å². The molecule has 1 aromatic carbocycles. The van der Waals surface area contributed by atoms with Crippen LogP contribution in [-0.2, 0) is 14.8 Å². The highest BCUT2D eigenvalue weighted by Crippen LogP contribution is 2.28. The summed E-state index contributed by atoms with van der Waals surface area (Å²) in [7, 11) is -3.87. The van der Waals surface area contributed by atoms with Gasteiger partial charge in [-0.2, -0.15) is 4.31 Å². The summed E-state index contributed by atoms with van der Waals surface area (Å²) in [4.78, 5) is 11.3. The summed E-state index contributed by atoms with van der Waals surface area (Å²) in [6.45, 7) is 7.11. The number of nitrogens with zero attached hydrogens (tertiary/aromatic N) is 1. The average molecular weight is 313 g/mol. The normalized spacial score (nSPS) is 12.1. The van der Waals surface area contributed by atoms with Crippen LogP contribution in [0.2, 0.25) is 0 Å². The lowest BCUT2D eigenvalue weighted by molar-refractivity contribution is -0.118. The summed E-state index contributed by atoms with van der Waals surface area (Å²) in [6.07, 6.45) is 0. The summed E-state index contributed by atoms with van der Waals surface area (Å²) < 4.78 is 26.8. The first-order valence-corrected chi connectivity index (χ1v) is 8.15. The molecule has 4 N–H and O–H groups in total. The summed E-state index contributed by atoms with van der Waals surface area (Å²) in [5, 5.41) is 0. The zero-order valence-corrected chi connectivity index (χ0v) is 13.7. The van der Waals surface area contributed by atoms with Crippen molar-refractivity contribution in [2.75, 3.05) is 18.8 Å². The third kappa shape index (κ3) is 3.95. The Morgan fingerprint density at radius 1 is 1.29 bits per heavy atom. The molecule has 0 fully saturated rings. The predicted octanol–water partition coefficient (Wildman–Crippen LogP) is 1.02. The lowest BCUT2D eigenvalue weighted by atomic mass is 10.1. The van der Waals surface area contributed by atoms with Crippen LogP contribution in [0, 0.1) is 19.8 Å². The molecule has 0 aliphatic carbocycles. The van der Waals surface area contributed by atoms with E-state index in [-0.39, 0.29) is 29.6 Å². The van der Waals surface area contributed by atoms with E-state index in [1.807, 2.05) is 20.8 Å². The number of aryl methyl sites for hydroxylation is 1. The lowest BCUT2D eigenvalue weighted by Crippen LogP contribution is -2.41. The fourth-order valence-electron chi connectivity index (χ4n) is 2.11. The van der Waals surface area contributed by atoms with Crippen LogP contribution < -0.4 is 11.5 Å². The van der Waals surface area contributed by atoms with Gasteiger partial charge in [0, 0.05) is 6.54 Å². The second-order valence-electron chi connectivity index (χ2n) is 5.58. The Morgan fingerprint density at radius 3 is 2.33 bits per heavy atom. The molecule has 0 aliphatic rings. The highest BCUT2D eigenvalue weighted by molar-refractivity contribution is 7.89. The van der Waals surface area contributed by atoms with Gasteiger partial charge in [0.2, 0.25) is 15.9 Å². The first-order valence-electron chi connectivity index (χ1n) is 6.71. The number of hydrogen-bond acceptors (Lipinski definition) is 4. The summed E-state index contributed by atoms with van der Waals surface area (Å²) >= 11 is 0. The van der Waals surface area contributed by atoms with E-state index in [9.17, 15) is 13.2 Å². The molecule has 0 aromatic heterocycles. The van der Waals surface area contributed by atoms with Crippen molar-refractivity contribution in [2.24, 2.45) is 11.7 Å². The molecule has 1 amide bonds. The first kappa shape index (κ1) is 17.5. The fraction of sp³-hybridized carbons (Fsp3) is 0.500. The number of benzene rings is 1. The van der Waals surface area contributed by atoms with Crippen LogP contribution in [0.1, 0.15) is 25.0 Å². The van der Waals surface area contributed by atoms with Gasteiger partial charge in [-0.15, -0.1) is 0 Å². The van der Waals surface area contributed by atoms with E-state index in [0.717, 1.165) is 9.87 Å². The van der Waals surface area contributed by atoms with Gasteiger partial charge in [-0.05, 0) is 37.0 Å². The number of nitrogen functional groups attached to an aromatic ring is 1. The van der Waals surface area contributed by atoms with E-state index in [1.54, 1.807) is 19.1 Å². The molecular weight excluding hydrogens is 290 g/mol. The molecular formula is C14H23N3O3S. The predicted molar refractivity (Wildman–Crippen MR) is 83.1 cm³/mol. The van der Waals surface area contributed by atoms with Crippen molar-refractivity contribution in [3.63, 3.8) is 0 Å². The minimum Gasteiger partial charge on any atom is -0.398 e. The maximum Gasteiger partial charge on any atom is 0.245 e. The zero-order valence-electron chi connectivity index (χ0n) is 12.9. The van der Waals surface area contributed by atoms with E-state index in [2.05, 4.69) is 0 Å². The molecule has 0 heterocycles. The van der Waals surface area contributed by atoms with Gasteiger partial charge in [-0.3, -0.25) is 4.79 Å². The molecule has 0 atom stereocenters. The van der Waals surface area contributed by atoms with Crippen LogP contribution in [0.4, 0.5) is 5.69 Å². The number of carbonyl (C=O) groups is 1. The van der Waals surface area contributed by atoms with Crippen molar-refractivity contribution < 1.29 is 13.2 Å². The maximum absolute atomic E-state index is 12.8. The molecule has 1 aromatic rings. The van der Waals surface area contributed by atoms with Gasteiger partial charge >= 0.3 is 0 Å². The summed E-state index contributed by atoms with van der Waals surface area (Å²) in [5.41, 5.74) is 12.6. The first-order chi connectivity index (χ1) is 9.57. The van der Waals surface area contributed by atoms with Crippen molar-refractivity contribution in [1.29, 1.82) is 0 Å². The molecule has 0 bridgehead atoms. The SMILES string of the molecule is Cc1ccc(N)c(S(=O)(=O)N(CC(N)=O)CC(C)C)c1C. The lowest BCUT2D eigenvalue weighted by Gasteiger charge is -2.24. The average Bonchev–Trinajstić information content (AvgIpc) is 2.32. The minimum atomic E-state index is -3.87. The van der Waals surface area contributed by atoms with Crippen molar-refractivity contribution in [3.8, 4) is 0 Å². The molecule has 0 saturated heterocycles.